The van der Waals surface area contributed by atoms with Crippen LogP contribution in [0.15, 0.2) is 18.5 Å². The van der Waals surface area contributed by atoms with Gasteiger partial charge < -0.3 is 5.73 Å². The fourth-order valence-electron chi connectivity index (χ4n) is 0.613. The molecule has 11 heavy (non-hydrogen) atoms. The summed E-state index contributed by atoms with van der Waals surface area (Å²) in [5.41, 5.74) is 4.28. The second kappa shape index (κ2) is 2.41. The summed E-state index contributed by atoms with van der Waals surface area (Å²) in [6.45, 7) is 0. The average molecular weight is 162 g/mol. The van der Waals surface area contributed by atoms with E-state index in [4.69, 9.17) is 5.73 Å². The first kappa shape index (κ1) is 7.84. The zero-order valence-corrected chi connectivity index (χ0v) is 5.39. The molecule has 1 heterocycles. The molecule has 0 aromatic carbocycles. The first-order valence-electron chi connectivity index (χ1n) is 2.78. The molecular weight excluding hydrogens is 157 g/mol. The molecule has 1 aromatic heterocycles. The van der Waals surface area contributed by atoms with E-state index in [1.54, 1.807) is 0 Å². The van der Waals surface area contributed by atoms with E-state index in [0.29, 0.717) is 0 Å². The second-order valence-electron chi connectivity index (χ2n) is 2.00. The van der Waals surface area contributed by atoms with Gasteiger partial charge in [-0.05, 0) is 6.07 Å². The van der Waals surface area contributed by atoms with Crippen molar-refractivity contribution >= 4 is 5.69 Å². The summed E-state index contributed by atoms with van der Waals surface area (Å²) in [7, 11) is 0. The van der Waals surface area contributed by atoms with Crippen LogP contribution in [0.1, 0.15) is 5.56 Å². The highest BCUT2D eigenvalue weighted by Gasteiger charge is 2.30. The van der Waals surface area contributed by atoms with Crippen molar-refractivity contribution in [2.75, 3.05) is 5.73 Å². The van der Waals surface area contributed by atoms with Gasteiger partial charge in [-0.3, -0.25) is 4.98 Å². The minimum atomic E-state index is -4.36. The highest BCUT2D eigenvalue weighted by atomic mass is 19.4. The molecule has 0 aliphatic carbocycles. The molecule has 0 aliphatic heterocycles. The minimum absolute atomic E-state index is 0.0137. The quantitative estimate of drug-likeness (QED) is 0.630. The molecule has 2 N–H and O–H groups in total. The van der Waals surface area contributed by atoms with E-state index in [-0.39, 0.29) is 5.69 Å². The largest absolute Gasteiger partial charge is 0.417 e. The lowest BCUT2D eigenvalue weighted by Gasteiger charge is -2.04. The van der Waals surface area contributed by atoms with Gasteiger partial charge in [0.2, 0.25) is 0 Å². The van der Waals surface area contributed by atoms with Crippen molar-refractivity contribution in [2.24, 2.45) is 0 Å². The Kier molecular flexibility index (Phi) is 1.72. The Labute approximate surface area is 60.9 Å². The van der Waals surface area contributed by atoms with E-state index in [1.807, 2.05) is 0 Å². The number of nitrogens with zero attached hydrogens (tertiary/aromatic N) is 1. The molecule has 0 aliphatic rings. The molecule has 0 radical (unpaired) electrons. The van der Waals surface area contributed by atoms with Crippen LogP contribution in [0.25, 0.3) is 0 Å². The second-order valence-corrected chi connectivity index (χ2v) is 2.00. The van der Waals surface area contributed by atoms with E-state index in [9.17, 15) is 13.2 Å². The van der Waals surface area contributed by atoms with E-state index in [1.165, 1.54) is 0 Å². The molecule has 0 fully saturated rings. The number of rotatable bonds is 0. The zero-order valence-electron chi connectivity index (χ0n) is 5.39. The smallest absolute Gasteiger partial charge is 0.397 e. The van der Waals surface area contributed by atoms with Gasteiger partial charge in [-0.2, -0.15) is 13.2 Å². The third-order valence-corrected chi connectivity index (χ3v) is 1.09. The van der Waals surface area contributed by atoms with Crippen molar-refractivity contribution in [1.82, 2.24) is 4.98 Å². The van der Waals surface area contributed by atoms with Crippen LogP contribution in [0.5, 0.6) is 0 Å². The molecule has 0 saturated heterocycles. The Morgan fingerprint density at radius 1 is 1.27 bits per heavy atom. The van der Waals surface area contributed by atoms with Crippen LogP contribution in [0, 0.1) is 0 Å². The fourth-order valence-corrected chi connectivity index (χ4v) is 0.613. The summed E-state index contributed by atoms with van der Waals surface area (Å²) in [6, 6.07) is 0.840. The standard InChI is InChI=1S/C6H5F3N2/c7-6(8,9)4-1-5(10)3-11-2-4/h1-3H,10H2. The van der Waals surface area contributed by atoms with Gasteiger partial charge in [-0.1, -0.05) is 0 Å². The first-order chi connectivity index (χ1) is 5.00. The molecule has 0 atom stereocenters. The maximum absolute atomic E-state index is 11.9. The number of hydrogen-bond acceptors (Lipinski definition) is 2. The van der Waals surface area contributed by atoms with E-state index in [2.05, 4.69) is 4.98 Å². The number of nitrogens with two attached hydrogens (primary N) is 1. The average Bonchev–Trinajstić information content (AvgIpc) is 1.86. The van der Waals surface area contributed by atoms with Crippen molar-refractivity contribution in [1.29, 1.82) is 0 Å². The van der Waals surface area contributed by atoms with Crippen molar-refractivity contribution in [3.63, 3.8) is 0 Å². The van der Waals surface area contributed by atoms with Crippen LogP contribution in [-0.4, -0.2) is 4.98 Å². The number of alkyl halides is 3. The molecule has 1 rings (SSSR count). The Balaban J connectivity index is 3.06. The monoisotopic (exact) mass is 162 g/mol. The summed E-state index contributed by atoms with van der Waals surface area (Å²) in [5.74, 6) is 0. The topological polar surface area (TPSA) is 38.9 Å². The van der Waals surface area contributed by atoms with Crippen LogP contribution in [0.2, 0.25) is 0 Å². The molecule has 60 valence electrons. The number of pyridine rings is 1. The molecule has 1 aromatic rings. The van der Waals surface area contributed by atoms with Crippen LogP contribution in [0.4, 0.5) is 18.9 Å². The lowest BCUT2D eigenvalue weighted by atomic mass is 10.2. The predicted molar refractivity (Wildman–Crippen MR) is 33.7 cm³/mol. The maximum atomic E-state index is 11.9. The Bertz CT molecular complexity index is 256. The number of halogens is 3. The number of hydrogen-bond donors (Lipinski definition) is 1. The van der Waals surface area contributed by atoms with Gasteiger partial charge in [0.25, 0.3) is 0 Å². The first-order valence-corrected chi connectivity index (χ1v) is 2.78. The van der Waals surface area contributed by atoms with Crippen molar-refractivity contribution in [2.45, 2.75) is 6.18 Å². The normalized spacial score (nSPS) is 11.5. The fraction of sp³-hybridized carbons (Fsp3) is 0.167. The SMILES string of the molecule is Nc1cncc(C(F)(F)F)c1. The number of nitrogen functional groups attached to an aromatic ring is 1. The third kappa shape index (κ3) is 1.83. The molecule has 0 unspecified atom stereocenters. The Morgan fingerprint density at radius 2 is 1.91 bits per heavy atom. The minimum Gasteiger partial charge on any atom is -0.397 e. The number of anilines is 1. The van der Waals surface area contributed by atoms with Crippen LogP contribution in [0.3, 0.4) is 0 Å². The van der Waals surface area contributed by atoms with E-state index >= 15 is 0 Å². The van der Waals surface area contributed by atoms with Crippen LogP contribution in [-0.2, 0) is 6.18 Å². The summed E-state index contributed by atoms with van der Waals surface area (Å²) in [6.07, 6.45) is -2.46. The molecule has 0 amide bonds. The van der Waals surface area contributed by atoms with Gasteiger partial charge in [0.05, 0.1) is 11.3 Å². The Hall–Kier alpha value is -1.26. The highest BCUT2D eigenvalue weighted by molar-refractivity contribution is 5.37. The zero-order chi connectivity index (χ0) is 8.48. The molecular formula is C6H5F3N2. The summed E-state index contributed by atoms with van der Waals surface area (Å²) >= 11 is 0. The van der Waals surface area contributed by atoms with Gasteiger partial charge >= 0.3 is 6.18 Å². The molecule has 0 saturated carbocycles. The van der Waals surface area contributed by atoms with Gasteiger partial charge in [0.1, 0.15) is 0 Å². The predicted octanol–water partition coefficient (Wildman–Crippen LogP) is 1.68. The van der Waals surface area contributed by atoms with Crippen molar-refractivity contribution < 1.29 is 13.2 Å². The van der Waals surface area contributed by atoms with Gasteiger partial charge in [0, 0.05) is 12.4 Å². The molecule has 5 heteroatoms. The van der Waals surface area contributed by atoms with Crippen molar-refractivity contribution in [3.05, 3.63) is 24.0 Å². The number of aromatic nitrogens is 1. The molecule has 0 bridgehead atoms. The van der Waals surface area contributed by atoms with Crippen LogP contribution >= 0.6 is 0 Å². The molecule has 2 nitrogen and oxygen atoms in total. The third-order valence-electron chi connectivity index (χ3n) is 1.09. The maximum Gasteiger partial charge on any atom is 0.417 e. The van der Waals surface area contributed by atoms with Crippen molar-refractivity contribution in [3.8, 4) is 0 Å². The van der Waals surface area contributed by atoms with E-state index < -0.39 is 11.7 Å². The lowest BCUT2D eigenvalue weighted by Crippen LogP contribution is -2.05. The van der Waals surface area contributed by atoms with Gasteiger partial charge in [0.15, 0.2) is 0 Å². The summed E-state index contributed by atoms with van der Waals surface area (Å²) in [5, 5.41) is 0. The lowest BCUT2D eigenvalue weighted by molar-refractivity contribution is -0.137. The summed E-state index contributed by atoms with van der Waals surface area (Å²) < 4.78 is 35.6. The molecule has 0 spiro atoms. The van der Waals surface area contributed by atoms with Gasteiger partial charge in [-0.15, -0.1) is 0 Å². The van der Waals surface area contributed by atoms with Crippen LogP contribution < -0.4 is 5.73 Å². The Morgan fingerprint density at radius 3 is 2.27 bits per heavy atom. The highest BCUT2D eigenvalue weighted by Crippen LogP contribution is 2.29. The summed E-state index contributed by atoms with van der Waals surface area (Å²) in [4.78, 5) is 3.31. The van der Waals surface area contributed by atoms with E-state index in [0.717, 1.165) is 18.5 Å². The van der Waals surface area contributed by atoms with Gasteiger partial charge in [-0.25, -0.2) is 0 Å².